The molecule has 1 aromatic heterocycles. The van der Waals surface area contributed by atoms with E-state index in [2.05, 4.69) is 27.8 Å². The third kappa shape index (κ3) is 4.91. The predicted molar refractivity (Wildman–Crippen MR) is 93.9 cm³/mol. The molecule has 1 aliphatic heterocycles. The Morgan fingerprint density at radius 3 is 2.87 bits per heavy atom. The van der Waals surface area contributed by atoms with Crippen LogP contribution in [-0.2, 0) is 15.9 Å². The Morgan fingerprint density at radius 2 is 2.26 bits per heavy atom. The number of likely N-dealkylation sites (N-methyl/N-ethyl adjacent to an activating group) is 1. The van der Waals surface area contributed by atoms with Crippen molar-refractivity contribution in [3.63, 3.8) is 0 Å². The zero-order valence-electron chi connectivity index (χ0n) is 13.7. The van der Waals surface area contributed by atoms with Crippen LogP contribution < -0.4 is 11.6 Å². The maximum atomic E-state index is 6.29. The van der Waals surface area contributed by atoms with E-state index in [1.54, 1.807) is 7.05 Å². The van der Waals surface area contributed by atoms with Crippen molar-refractivity contribution in [3.05, 3.63) is 33.7 Å². The van der Waals surface area contributed by atoms with Gasteiger partial charge in [-0.1, -0.05) is 6.92 Å². The highest BCUT2D eigenvalue weighted by Gasteiger charge is 2.17. The number of aryl methyl sites for hydroxylation is 1. The zero-order chi connectivity index (χ0) is 16.8. The average Bonchev–Trinajstić information content (AvgIpc) is 2.56. The fraction of sp³-hybridized carbons (Fsp3) is 0.562. The molecule has 0 aromatic carbocycles. The summed E-state index contributed by atoms with van der Waals surface area (Å²) in [6.45, 7) is 3.09. The number of hydrazine groups is 1. The van der Waals surface area contributed by atoms with E-state index < -0.39 is 0 Å². The molecule has 7 heteroatoms. The molecule has 2 rings (SSSR count). The highest BCUT2D eigenvalue weighted by Crippen LogP contribution is 2.21. The molecule has 0 amide bonds. The molecule has 1 aliphatic rings. The number of hydrogen-bond acceptors (Lipinski definition) is 6. The maximum Gasteiger partial charge on any atom is 0.158 e. The number of hydrogen-bond donors (Lipinski definition) is 2. The molecule has 0 radical (unpaired) electrons. The van der Waals surface area contributed by atoms with Gasteiger partial charge in [0.2, 0.25) is 0 Å². The highest BCUT2D eigenvalue weighted by molar-refractivity contribution is 9.10. The van der Waals surface area contributed by atoms with Crippen molar-refractivity contribution in [2.45, 2.75) is 38.9 Å². The van der Waals surface area contributed by atoms with Gasteiger partial charge in [0.25, 0.3) is 0 Å². The van der Waals surface area contributed by atoms with Gasteiger partial charge in [-0.3, -0.25) is 4.98 Å². The first-order valence-electron chi connectivity index (χ1n) is 7.89. The number of ether oxygens (including phenoxy) is 2. The third-order valence-corrected chi connectivity index (χ3v) is 4.53. The lowest BCUT2D eigenvalue weighted by Crippen LogP contribution is -2.33. The number of halogens is 1. The van der Waals surface area contributed by atoms with E-state index in [1.165, 1.54) is 5.01 Å². The van der Waals surface area contributed by atoms with Crippen LogP contribution in [0.3, 0.4) is 0 Å². The predicted octanol–water partition coefficient (Wildman–Crippen LogP) is 2.38. The van der Waals surface area contributed by atoms with Crippen LogP contribution in [0.5, 0.6) is 0 Å². The fourth-order valence-electron chi connectivity index (χ4n) is 2.41. The molecule has 6 nitrogen and oxygen atoms in total. The summed E-state index contributed by atoms with van der Waals surface area (Å²) >= 11 is 3.49. The van der Waals surface area contributed by atoms with E-state index in [9.17, 15) is 0 Å². The largest absolute Gasteiger partial charge is 0.395 e. The fourth-order valence-corrected chi connectivity index (χ4v) is 2.92. The van der Waals surface area contributed by atoms with Crippen LogP contribution in [0.1, 0.15) is 37.6 Å². The van der Waals surface area contributed by atoms with Crippen LogP contribution >= 0.6 is 15.9 Å². The maximum absolute atomic E-state index is 6.29. The van der Waals surface area contributed by atoms with Gasteiger partial charge in [-0.25, -0.2) is 5.84 Å². The standard InChI is InChI=1S/C16H25BrN4O2/c1-3-12-11(17)7-8-13(20-12)16(18)14(21(2)19)10-23-15-6-4-5-9-22-15/h7-8,15H,3-6,9-10,18-19H2,1-2H3/b16-14-. The van der Waals surface area contributed by atoms with E-state index in [4.69, 9.17) is 21.1 Å². The molecule has 1 aromatic rings. The van der Waals surface area contributed by atoms with Gasteiger partial charge in [-0.2, -0.15) is 0 Å². The van der Waals surface area contributed by atoms with Crippen molar-refractivity contribution in [3.8, 4) is 0 Å². The van der Waals surface area contributed by atoms with E-state index in [0.717, 1.165) is 42.5 Å². The summed E-state index contributed by atoms with van der Waals surface area (Å²) in [6.07, 6.45) is 3.74. The molecule has 128 valence electrons. The van der Waals surface area contributed by atoms with Crippen LogP contribution in [0.15, 0.2) is 22.3 Å². The summed E-state index contributed by atoms with van der Waals surface area (Å²) in [7, 11) is 1.74. The van der Waals surface area contributed by atoms with Crippen molar-refractivity contribution >= 4 is 21.6 Å². The second-order valence-electron chi connectivity index (χ2n) is 5.56. The number of aromatic nitrogens is 1. The molecular weight excluding hydrogens is 360 g/mol. The molecule has 0 spiro atoms. The van der Waals surface area contributed by atoms with Crippen molar-refractivity contribution in [2.24, 2.45) is 11.6 Å². The summed E-state index contributed by atoms with van der Waals surface area (Å²) in [6, 6.07) is 3.83. The Balaban J connectivity index is 2.17. The zero-order valence-corrected chi connectivity index (χ0v) is 15.3. The second-order valence-corrected chi connectivity index (χ2v) is 6.41. The van der Waals surface area contributed by atoms with E-state index >= 15 is 0 Å². The molecular formula is C16H25BrN4O2. The number of rotatable bonds is 6. The molecule has 4 N–H and O–H groups in total. The Labute approximate surface area is 145 Å². The van der Waals surface area contributed by atoms with Crippen LogP contribution in [-0.4, -0.2) is 36.5 Å². The molecule has 1 atom stereocenters. The van der Waals surface area contributed by atoms with Crippen molar-refractivity contribution in [2.75, 3.05) is 20.3 Å². The van der Waals surface area contributed by atoms with Crippen LogP contribution in [0, 0.1) is 0 Å². The lowest BCUT2D eigenvalue weighted by atomic mass is 10.2. The minimum atomic E-state index is -0.185. The minimum absolute atomic E-state index is 0.185. The lowest BCUT2D eigenvalue weighted by molar-refractivity contribution is -0.158. The van der Waals surface area contributed by atoms with Gasteiger partial charge in [-0.15, -0.1) is 0 Å². The minimum Gasteiger partial charge on any atom is -0.395 e. The monoisotopic (exact) mass is 384 g/mol. The quantitative estimate of drug-likeness (QED) is 0.578. The molecule has 1 fully saturated rings. The van der Waals surface area contributed by atoms with Gasteiger partial charge in [0.1, 0.15) is 0 Å². The molecule has 1 saturated heterocycles. The van der Waals surface area contributed by atoms with E-state index in [1.807, 2.05) is 12.1 Å². The number of pyridine rings is 1. The van der Waals surface area contributed by atoms with Crippen LogP contribution in [0.25, 0.3) is 5.70 Å². The molecule has 23 heavy (non-hydrogen) atoms. The number of nitrogens with zero attached hydrogens (tertiary/aromatic N) is 2. The third-order valence-electron chi connectivity index (χ3n) is 3.81. The van der Waals surface area contributed by atoms with Gasteiger partial charge in [0.15, 0.2) is 6.29 Å². The Morgan fingerprint density at radius 1 is 1.48 bits per heavy atom. The van der Waals surface area contributed by atoms with E-state index in [-0.39, 0.29) is 6.29 Å². The summed E-state index contributed by atoms with van der Waals surface area (Å²) in [5.41, 5.74) is 9.16. The normalized spacial score (nSPS) is 19.4. The lowest BCUT2D eigenvalue weighted by Gasteiger charge is -2.26. The van der Waals surface area contributed by atoms with Gasteiger partial charge in [-0.05, 0) is 53.7 Å². The smallest absolute Gasteiger partial charge is 0.158 e. The van der Waals surface area contributed by atoms with Gasteiger partial charge in [0, 0.05) is 18.1 Å². The van der Waals surface area contributed by atoms with Crippen molar-refractivity contribution in [1.29, 1.82) is 0 Å². The van der Waals surface area contributed by atoms with Gasteiger partial charge in [0.05, 0.1) is 29.4 Å². The number of nitrogens with two attached hydrogens (primary N) is 2. The topological polar surface area (TPSA) is 86.6 Å². The Kier molecular flexibility index (Phi) is 6.83. The Hall–Kier alpha value is -1.15. The van der Waals surface area contributed by atoms with E-state index in [0.29, 0.717) is 23.7 Å². The Bertz CT molecular complexity index is 557. The van der Waals surface area contributed by atoms with Crippen molar-refractivity contribution in [1.82, 2.24) is 9.99 Å². The summed E-state index contributed by atoms with van der Waals surface area (Å²) in [5.74, 6) is 5.93. The molecule has 0 saturated carbocycles. The van der Waals surface area contributed by atoms with Gasteiger partial charge >= 0.3 is 0 Å². The SMILES string of the molecule is CCc1nc(/C(N)=C(\COC2CCCCO2)N(C)N)ccc1Br. The first-order chi connectivity index (χ1) is 11.0. The summed E-state index contributed by atoms with van der Waals surface area (Å²) in [4.78, 5) is 4.59. The second kappa shape index (κ2) is 8.63. The average molecular weight is 385 g/mol. The molecule has 1 unspecified atom stereocenters. The van der Waals surface area contributed by atoms with Crippen molar-refractivity contribution < 1.29 is 9.47 Å². The molecule has 0 bridgehead atoms. The summed E-state index contributed by atoms with van der Waals surface area (Å²) in [5, 5.41) is 1.48. The molecule has 2 heterocycles. The highest BCUT2D eigenvalue weighted by atomic mass is 79.9. The first kappa shape index (κ1) is 18.2. The van der Waals surface area contributed by atoms with Crippen LogP contribution in [0.4, 0.5) is 0 Å². The first-order valence-corrected chi connectivity index (χ1v) is 8.68. The van der Waals surface area contributed by atoms with Gasteiger partial charge < -0.3 is 20.2 Å². The summed E-state index contributed by atoms with van der Waals surface area (Å²) < 4.78 is 12.4. The van der Waals surface area contributed by atoms with Crippen LogP contribution in [0.2, 0.25) is 0 Å². The molecule has 0 aliphatic carbocycles.